The molecule has 4 N–H and O–H groups in total. The van der Waals surface area contributed by atoms with E-state index in [1.807, 2.05) is 48.8 Å². The number of carbonyl (C=O) groups excluding carboxylic acids is 1. The minimum atomic E-state index is -0.214. The van der Waals surface area contributed by atoms with Crippen LogP contribution in [-0.4, -0.2) is 31.1 Å². The average Bonchev–Trinajstić information content (AvgIpc) is 3.55. The Labute approximate surface area is 206 Å². The number of aromatic nitrogens is 5. The molecule has 1 aromatic carbocycles. The zero-order valence-corrected chi connectivity index (χ0v) is 19.2. The van der Waals surface area contributed by atoms with E-state index in [9.17, 15) is 4.79 Å². The number of nitrogens with zero attached hydrogens (tertiary/aromatic N) is 4. The van der Waals surface area contributed by atoms with Gasteiger partial charge in [0.15, 0.2) is 0 Å². The Balaban J connectivity index is 1.21. The van der Waals surface area contributed by atoms with Crippen LogP contribution in [0.1, 0.15) is 24.7 Å². The van der Waals surface area contributed by atoms with Crippen molar-refractivity contribution in [1.29, 1.82) is 0 Å². The summed E-state index contributed by atoms with van der Waals surface area (Å²) >= 11 is 0. The number of fused-ring (bicyclic) bond motifs is 2. The number of H-pyrrole nitrogens is 1. The van der Waals surface area contributed by atoms with Gasteiger partial charge in [-0.05, 0) is 48.7 Å². The van der Waals surface area contributed by atoms with E-state index in [2.05, 4.69) is 47.2 Å². The van der Waals surface area contributed by atoms with E-state index in [0.29, 0.717) is 5.69 Å². The summed E-state index contributed by atoms with van der Waals surface area (Å²) in [7, 11) is 0. The quantitative estimate of drug-likeness (QED) is 0.284. The second-order valence-corrected chi connectivity index (χ2v) is 9.14. The van der Waals surface area contributed by atoms with Crippen molar-refractivity contribution in [3.05, 3.63) is 79.1 Å². The first-order valence-corrected chi connectivity index (χ1v) is 11.9. The summed E-state index contributed by atoms with van der Waals surface area (Å²) < 4.78 is 0. The van der Waals surface area contributed by atoms with Crippen LogP contribution in [0.5, 0.6) is 0 Å². The van der Waals surface area contributed by atoms with Crippen LogP contribution in [0.4, 0.5) is 17.1 Å². The van der Waals surface area contributed by atoms with Gasteiger partial charge in [0.25, 0.3) is 0 Å². The molecule has 36 heavy (non-hydrogen) atoms. The van der Waals surface area contributed by atoms with Gasteiger partial charge in [0, 0.05) is 41.0 Å². The fourth-order valence-corrected chi connectivity index (χ4v) is 4.61. The Hall–Kier alpha value is -4.79. The maximum atomic E-state index is 12.2. The van der Waals surface area contributed by atoms with Gasteiger partial charge >= 0.3 is 0 Å². The molecule has 0 spiro atoms. The van der Waals surface area contributed by atoms with Gasteiger partial charge in [-0.3, -0.25) is 24.8 Å². The molecule has 1 aliphatic carbocycles. The minimum Gasteiger partial charge on any atom is -0.358 e. The first kappa shape index (κ1) is 20.6. The van der Waals surface area contributed by atoms with Crippen molar-refractivity contribution in [2.24, 2.45) is 5.92 Å². The third kappa shape index (κ3) is 3.61. The number of nitrogens with one attached hydrogen (secondary N) is 4. The van der Waals surface area contributed by atoms with Crippen molar-refractivity contribution in [3.8, 4) is 22.4 Å². The zero-order valence-electron chi connectivity index (χ0n) is 19.2. The molecule has 1 unspecified atom stereocenters. The Morgan fingerprint density at radius 3 is 2.72 bits per heavy atom. The molecule has 0 saturated heterocycles. The summed E-state index contributed by atoms with van der Waals surface area (Å²) in [6.45, 7) is 0. The Bertz CT molecular complexity index is 1610. The molecule has 1 atom stereocenters. The van der Waals surface area contributed by atoms with E-state index in [1.54, 1.807) is 18.6 Å². The molecule has 2 aliphatic rings. The fraction of sp³-hybridized carbons (Fsp3) is 0.148. The van der Waals surface area contributed by atoms with Crippen LogP contribution in [0.25, 0.3) is 33.3 Å². The van der Waals surface area contributed by atoms with E-state index >= 15 is 0 Å². The zero-order chi connectivity index (χ0) is 24.1. The molecule has 0 bridgehead atoms. The number of rotatable bonds is 5. The predicted molar refractivity (Wildman–Crippen MR) is 138 cm³/mol. The summed E-state index contributed by atoms with van der Waals surface area (Å²) in [6, 6.07) is 13.9. The predicted octanol–water partition coefficient (Wildman–Crippen LogP) is 4.97. The van der Waals surface area contributed by atoms with Gasteiger partial charge in [-0.15, -0.1) is 0 Å². The highest BCUT2D eigenvalue weighted by Crippen LogP contribution is 2.42. The van der Waals surface area contributed by atoms with E-state index in [4.69, 9.17) is 0 Å². The van der Waals surface area contributed by atoms with Gasteiger partial charge in [0.2, 0.25) is 5.91 Å². The standard InChI is InChI=1S/C27H22N8O/c36-27(15-4-5-15)31-18-9-17(11-28-12-18)16-6-7-22-19(10-16)25(35-34-22)26-32-23-14-29-13-20(24(23)33-26)21-3-1-2-8-30-21/h1-3,6-15,26,32-33H,4-5H2,(H,31,36)(H,34,35). The van der Waals surface area contributed by atoms with Crippen LogP contribution in [-0.2, 0) is 4.79 Å². The van der Waals surface area contributed by atoms with Crippen molar-refractivity contribution in [3.63, 3.8) is 0 Å². The van der Waals surface area contributed by atoms with Crippen LogP contribution in [0.3, 0.4) is 0 Å². The van der Waals surface area contributed by atoms with Crippen molar-refractivity contribution < 1.29 is 4.79 Å². The Morgan fingerprint density at radius 1 is 0.944 bits per heavy atom. The van der Waals surface area contributed by atoms with Crippen LogP contribution >= 0.6 is 0 Å². The molecule has 9 nitrogen and oxygen atoms in total. The molecule has 5 aromatic rings. The van der Waals surface area contributed by atoms with Gasteiger partial charge in [-0.1, -0.05) is 12.1 Å². The summed E-state index contributed by atoms with van der Waals surface area (Å²) in [5, 5.41) is 18.8. The summed E-state index contributed by atoms with van der Waals surface area (Å²) in [6.07, 6.45) is 10.6. The SMILES string of the molecule is O=C(Nc1cncc(-c2ccc3n[nH]c(C4Nc5cncc(-c6ccccn6)c5N4)c3c2)c1)C1CC1. The minimum absolute atomic E-state index is 0.0685. The highest BCUT2D eigenvalue weighted by molar-refractivity contribution is 5.95. The second-order valence-electron chi connectivity index (χ2n) is 9.14. The number of hydrogen-bond acceptors (Lipinski definition) is 7. The van der Waals surface area contributed by atoms with E-state index in [1.165, 1.54) is 0 Å². The molecule has 7 rings (SSSR count). The maximum Gasteiger partial charge on any atom is 0.227 e. The first-order valence-electron chi connectivity index (χ1n) is 11.9. The lowest BCUT2D eigenvalue weighted by atomic mass is 10.0. The van der Waals surface area contributed by atoms with Gasteiger partial charge < -0.3 is 16.0 Å². The first-order chi connectivity index (χ1) is 17.7. The van der Waals surface area contributed by atoms with E-state index in [-0.39, 0.29) is 18.0 Å². The van der Waals surface area contributed by atoms with E-state index in [0.717, 1.165) is 63.2 Å². The van der Waals surface area contributed by atoms with Crippen LogP contribution in [0.2, 0.25) is 0 Å². The summed E-state index contributed by atoms with van der Waals surface area (Å²) in [4.78, 5) is 25.4. The normalized spacial score (nSPS) is 16.3. The highest BCUT2D eigenvalue weighted by Gasteiger charge is 2.30. The van der Waals surface area contributed by atoms with Crippen LogP contribution < -0.4 is 16.0 Å². The smallest absolute Gasteiger partial charge is 0.227 e. The summed E-state index contributed by atoms with van der Waals surface area (Å²) in [5.74, 6) is 0.210. The monoisotopic (exact) mass is 474 g/mol. The Morgan fingerprint density at radius 2 is 1.86 bits per heavy atom. The van der Waals surface area contributed by atoms with Gasteiger partial charge in [-0.2, -0.15) is 5.10 Å². The van der Waals surface area contributed by atoms with Gasteiger partial charge in [0.1, 0.15) is 6.17 Å². The molecule has 0 radical (unpaired) electrons. The van der Waals surface area contributed by atoms with Crippen molar-refractivity contribution in [2.75, 3.05) is 16.0 Å². The number of carbonyl (C=O) groups is 1. The maximum absolute atomic E-state index is 12.2. The van der Waals surface area contributed by atoms with Crippen LogP contribution in [0, 0.1) is 5.92 Å². The molecule has 176 valence electrons. The van der Waals surface area contributed by atoms with Crippen molar-refractivity contribution >= 4 is 33.9 Å². The molecule has 9 heteroatoms. The molecule has 1 fully saturated rings. The number of hydrogen-bond donors (Lipinski definition) is 4. The largest absolute Gasteiger partial charge is 0.358 e. The number of anilines is 3. The van der Waals surface area contributed by atoms with Gasteiger partial charge in [-0.25, -0.2) is 0 Å². The van der Waals surface area contributed by atoms with Crippen molar-refractivity contribution in [2.45, 2.75) is 19.0 Å². The fourth-order valence-electron chi connectivity index (χ4n) is 4.61. The third-order valence-corrected chi connectivity index (χ3v) is 6.63. The Kier molecular flexibility index (Phi) is 4.66. The second kappa shape index (κ2) is 8.16. The topological polar surface area (TPSA) is 121 Å². The van der Waals surface area contributed by atoms with E-state index < -0.39 is 0 Å². The van der Waals surface area contributed by atoms with Gasteiger partial charge in [0.05, 0.1) is 46.4 Å². The molecule has 1 aliphatic heterocycles. The molecular weight excluding hydrogens is 452 g/mol. The third-order valence-electron chi connectivity index (χ3n) is 6.63. The average molecular weight is 475 g/mol. The number of amides is 1. The lowest BCUT2D eigenvalue weighted by Crippen LogP contribution is -2.13. The molecule has 5 heterocycles. The lowest BCUT2D eigenvalue weighted by molar-refractivity contribution is -0.117. The number of pyridine rings is 3. The molecule has 1 amide bonds. The highest BCUT2D eigenvalue weighted by atomic mass is 16.2. The molecule has 1 saturated carbocycles. The number of benzene rings is 1. The number of aromatic amines is 1. The summed E-state index contributed by atoms with van der Waals surface area (Å²) in [5.41, 5.74) is 8.06. The van der Waals surface area contributed by atoms with Crippen molar-refractivity contribution in [1.82, 2.24) is 25.1 Å². The molecular formula is C27H22N8O. The molecule has 4 aromatic heterocycles. The van der Waals surface area contributed by atoms with Crippen LogP contribution in [0.15, 0.2) is 73.4 Å². The lowest BCUT2D eigenvalue weighted by Gasteiger charge is -2.12.